The van der Waals surface area contributed by atoms with Gasteiger partial charge in [-0.25, -0.2) is 0 Å². The number of nitrogens with one attached hydrogen (secondary N) is 1. The Bertz CT molecular complexity index is 521. The normalized spacial score (nSPS) is 18.4. The second-order valence-corrected chi connectivity index (χ2v) is 5.31. The van der Waals surface area contributed by atoms with Gasteiger partial charge < -0.3 is 16.0 Å². The molecule has 102 valence electrons. The zero-order chi connectivity index (χ0) is 14.0. The number of likely N-dealkylation sites (N-methyl/N-ethyl adjacent to an activating group) is 1. The number of amides is 1. The maximum Gasteiger partial charge on any atom is 0.242 e. The summed E-state index contributed by atoms with van der Waals surface area (Å²) < 4.78 is 0. The minimum Gasteiger partial charge on any atom is -0.389 e. The van der Waals surface area contributed by atoms with E-state index in [0.29, 0.717) is 10.6 Å². The first-order valence-corrected chi connectivity index (χ1v) is 6.91. The lowest BCUT2D eigenvalue weighted by Crippen LogP contribution is -2.42. The molecular weight excluding hydrogens is 282 g/mol. The molecule has 2 rings (SSSR count). The van der Waals surface area contributed by atoms with Crippen molar-refractivity contribution in [1.82, 2.24) is 5.32 Å². The van der Waals surface area contributed by atoms with Gasteiger partial charge in [-0.05, 0) is 25.0 Å². The van der Waals surface area contributed by atoms with E-state index in [0.717, 1.165) is 25.1 Å². The molecule has 6 heteroatoms. The van der Waals surface area contributed by atoms with E-state index in [-0.39, 0.29) is 16.9 Å². The van der Waals surface area contributed by atoms with Crippen molar-refractivity contribution >= 4 is 40.4 Å². The molecule has 0 spiro atoms. The summed E-state index contributed by atoms with van der Waals surface area (Å²) in [6, 6.07) is 5.32. The molecule has 1 heterocycles. The monoisotopic (exact) mass is 297 g/mol. The molecule has 3 N–H and O–H groups in total. The number of rotatable bonds is 3. The van der Waals surface area contributed by atoms with Crippen molar-refractivity contribution < 1.29 is 4.79 Å². The Labute approximate surface area is 122 Å². The maximum atomic E-state index is 11.9. The van der Waals surface area contributed by atoms with E-state index < -0.39 is 0 Å². The fourth-order valence-corrected chi connectivity index (χ4v) is 3.03. The molecular formula is C13H16ClN3OS. The number of nitrogens with zero attached hydrogens (tertiary/aromatic N) is 1. The lowest BCUT2D eigenvalue weighted by molar-refractivity contribution is -0.121. The van der Waals surface area contributed by atoms with Crippen LogP contribution in [0.15, 0.2) is 18.2 Å². The Morgan fingerprint density at radius 1 is 1.58 bits per heavy atom. The Morgan fingerprint density at radius 2 is 2.32 bits per heavy atom. The van der Waals surface area contributed by atoms with E-state index in [2.05, 4.69) is 5.32 Å². The fraction of sp³-hybridized carbons (Fsp3) is 0.385. The Morgan fingerprint density at radius 3 is 2.95 bits per heavy atom. The molecule has 0 aromatic heterocycles. The number of hydrogen-bond acceptors (Lipinski definition) is 3. The SMILES string of the molecule is CNC(=O)C1CCCN1c1cccc(Cl)c1C(N)=S. The Balaban J connectivity index is 2.44. The molecule has 0 radical (unpaired) electrons. The molecule has 0 saturated carbocycles. The van der Waals surface area contributed by atoms with Gasteiger partial charge in [0.05, 0.1) is 10.6 Å². The largest absolute Gasteiger partial charge is 0.389 e. The summed E-state index contributed by atoms with van der Waals surface area (Å²) in [5.41, 5.74) is 7.24. The van der Waals surface area contributed by atoms with Gasteiger partial charge in [0.1, 0.15) is 11.0 Å². The van der Waals surface area contributed by atoms with Crippen molar-refractivity contribution in [3.63, 3.8) is 0 Å². The highest BCUT2D eigenvalue weighted by Gasteiger charge is 2.32. The molecule has 4 nitrogen and oxygen atoms in total. The average molecular weight is 298 g/mol. The van der Waals surface area contributed by atoms with Crippen LogP contribution in [0.5, 0.6) is 0 Å². The summed E-state index contributed by atoms with van der Waals surface area (Å²) in [4.78, 5) is 14.2. The van der Waals surface area contributed by atoms with Crippen molar-refractivity contribution in [3.8, 4) is 0 Å². The molecule has 0 bridgehead atoms. The first-order valence-electron chi connectivity index (χ1n) is 6.12. The smallest absolute Gasteiger partial charge is 0.242 e. The molecule has 1 aromatic carbocycles. The number of thiocarbonyl (C=S) groups is 1. The summed E-state index contributed by atoms with van der Waals surface area (Å²) in [5.74, 6) is 0.00589. The number of carbonyl (C=O) groups excluding carboxylic acids is 1. The predicted molar refractivity (Wildman–Crippen MR) is 81.8 cm³/mol. The Hall–Kier alpha value is -1.33. The fourth-order valence-electron chi connectivity index (χ4n) is 2.49. The number of nitrogens with two attached hydrogens (primary N) is 1. The van der Waals surface area contributed by atoms with E-state index in [4.69, 9.17) is 29.6 Å². The molecule has 1 atom stereocenters. The van der Waals surface area contributed by atoms with E-state index in [9.17, 15) is 4.79 Å². The van der Waals surface area contributed by atoms with E-state index in [1.165, 1.54) is 0 Å². The number of anilines is 1. The third-order valence-electron chi connectivity index (χ3n) is 3.35. The first kappa shape index (κ1) is 14.1. The minimum absolute atomic E-state index is 0.00589. The van der Waals surface area contributed by atoms with Crippen LogP contribution in [-0.2, 0) is 4.79 Å². The topological polar surface area (TPSA) is 58.4 Å². The summed E-state index contributed by atoms with van der Waals surface area (Å²) in [6.07, 6.45) is 1.78. The van der Waals surface area contributed by atoms with Gasteiger partial charge in [0.15, 0.2) is 0 Å². The standard InChI is InChI=1S/C13H16ClN3OS/c1-16-13(18)10-6-3-7-17(10)9-5-2-4-8(14)11(9)12(15)19/h2,4-5,10H,3,6-7H2,1H3,(H2,15,19)(H,16,18). The van der Waals surface area contributed by atoms with Crippen molar-refractivity contribution in [1.29, 1.82) is 0 Å². The molecule has 19 heavy (non-hydrogen) atoms. The number of benzene rings is 1. The number of hydrogen-bond donors (Lipinski definition) is 2. The van der Waals surface area contributed by atoms with Crippen LogP contribution >= 0.6 is 23.8 Å². The number of carbonyl (C=O) groups is 1. The summed E-state index contributed by atoms with van der Waals surface area (Å²) in [5, 5.41) is 3.21. The summed E-state index contributed by atoms with van der Waals surface area (Å²) in [6.45, 7) is 0.800. The van der Waals surface area contributed by atoms with Crippen molar-refractivity contribution in [2.45, 2.75) is 18.9 Å². The molecule has 1 saturated heterocycles. The Kier molecular flexibility index (Phi) is 4.27. The van der Waals surface area contributed by atoms with Crippen molar-refractivity contribution in [2.24, 2.45) is 5.73 Å². The number of halogens is 1. The first-order chi connectivity index (χ1) is 9.06. The highest BCUT2D eigenvalue weighted by molar-refractivity contribution is 7.80. The lowest BCUT2D eigenvalue weighted by Gasteiger charge is -2.27. The van der Waals surface area contributed by atoms with Crippen LogP contribution in [0.25, 0.3) is 0 Å². The van der Waals surface area contributed by atoms with E-state index in [1.807, 2.05) is 17.0 Å². The van der Waals surface area contributed by atoms with Crippen LogP contribution in [-0.4, -0.2) is 30.5 Å². The van der Waals surface area contributed by atoms with Gasteiger partial charge in [-0.15, -0.1) is 0 Å². The van der Waals surface area contributed by atoms with Crippen LogP contribution in [0, 0.1) is 0 Å². The van der Waals surface area contributed by atoms with Crippen LogP contribution < -0.4 is 16.0 Å². The quantitative estimate of drug-likeness (QED) is 0.834. The maximum absolute atomic E-state index is 11.9. The van der Waals surface area contributed by atoms with Crippen LogP contribution in [0.1, 0.15) is 18.4 Å². The van der Waals surface area contributed by atoms with E-state index in [1.54, 1.807) is 13.1 Å². The lowest BCUT2D eigenvalue weighted by atomic mass is 10.1. The van der Waals surface area contributed by atoms with Crippen molar-refractivity contribution in [3.05, 3.63) is 28.8 Å². The molecule has 0 aliphatic carbocycles. The van der Waals surface area contributed by atoms with Gasteiger partial charge >= 0.3 is 0 Å². The van der Waals surface area contributed by atoms with Gasteiger partial charge in [0.2, 0.25) is 5.91 Å². The summed E-state index contributed by atoms with van der Waals surface area (Å²) in [7, 11) is 1.64. The van der Waals surface area contributed by atoms with Gasteiger partial charge in [-0.2, -0.15) is 0 Å². The van der Waals surface area contributed by atoms with Crippen LogP contribution in [0.4, 0.5) is 5.69 Å². The molecule has 1 aliphatic rings. The zero-order valence-corrected chi connectivity index (χ0v) is 12.2. The van der Waals surface area contributed by atoms with Gasteiger partial charge in [0.25, 0.3) is 0 Å². The molecule has 1 amide bonds. The second kappa shape index (κ2) is 5.75. The van der Waals surface area contributed by atoms with Crippen LogP contribution in [0.3, 0.4) is 0 Å². The molecule has 1 aliphatic heterocycles. The minimum atomic E-state index is -0.184. The summed E-state index contributed by atoms with van der Waals surface area (Å²) >= 11 is 11.2. The highest BCUT2D eigenvalue weighted by Crippen LogP contribution is 2.32. The second-order valence-electron chi connectivity index (χ2n) is 4.46. The predicted octanol–water partition coefficient (Wildman–Crippen LogP) is 1.69. The molecule has 1 fully saturated rings. The van der Waals surface area contributed by atoms with Gasteiger partial charge in [-0.1, -0.05) is 29.9 Å². The third kappa shape index (κ3) is 2.67. The zero-order valence-electron chi connectivity index (χ0n) is 10.6. The third-order valence-corrected chi connectivity index (χ3v) is 3.87. The highest BCUT2D eigenvalue weighted by atomic mass is 35.5. The van der Waals surface area contributed by atoms with Crippen molar-refractivity contribution in [2.75, 3.05) is 18.5 Å². The van der Waals surface area contributed by atoms with Crippen LogP contribution in [0.2, 0.25) is 5.02 Å². The van der Waals surface area contributed by atoms with Gasteiger partial charge in [0, 0.05) is 19.3 Å². The average Bonchev–Trinajstić information content (AvgIpc) is 2.86. The molecule has 1 unspecified atom stereocenters. The van der Waals surface area contributed by atoms with Gasteiger partial charge in [-0.3, -0.25) is 4.79 Å². The molecule has 1 aromatic rings. The van der Waals surface area contributed by atoms with E-state index >= 15 is 0 Å².